The first-order valence-corrected chi connectivity index (χ1v) is 10.4. The van der Waals surface area contributed by atoms with Gasteiger partial charge in [0.2, 0.25) is 5.91 Å². The van der Waals surface area contributed by atoms with Crippen LogP contribution in [0.25, 0.3) is 11.1 Å². The van der Waals surface area contributed by atoms with Crippen molar-refractivity contribution in [2.75, 3.05) is 39.8 Å². The van der Waals surface area contributed by atoms with Crippen LogP contribution in [0.4, 0.5) is 17.6 Å². The van der Waals surface area contributed by atoms with Crippen LogP contribution in [0.5, 0.6) is 0 Å². The zero-order chi connectivity index (χ0) is 22.2. The molecule has 0 unspecified atom stereocenters. The van der Waals surface area contributed by atoms with Crippen molar-refractivity contribution in [1.29, 1.82) is 0 Å². The lowest BCUT2D eigenvalue weighted by atomic mass is 9.97. The van der Waals surface area contributed by atoms with Crippen molar-refractivity contribution >= 4 is 5.91 Å². The van der Waals surface area contributed by atoms with Gasteiger partial charge in [0, 0.05) is 38.1 Å². The van der Waals surface area contributed by atoms with Crippen LogP contribution in [0.1, 0.15) is 23.5 Å². The van der Waals surface area contributed by atoms with E-state index in [0.29, 0.717) is 12.1 Å². The SMILES string of the molecule is CN1CCN(C(=O)CN[C@@H]2C[C@H]2c2ccc(-c3cc(F)ccc3C(F)(F)F)cc2)CC1. The van der Waals surface area contributed by atoms with Crippen molar-refractivity contribution in [3.63, 3.8) is 0 Å². The summed E-state index contributed by atoms with van der Waals surface area (Å²) in [5.74, 6) is -0.382. The summed E-state index contributed by atoms with van der Waals surface area (Å²) in [6, 6.07) is 9.48. The average Bonchev–Trinajstić information content (AvgIpc) is 3.51. The number of hydrogen-bond acceptors (Lipinski definition) is 3. The zero-order valence-electron chi connectivity index (χ0n) is 17.3. The standard InChI is InChI=1S/C23H25F4N3O/c1-29-8-10-30(11-9-29)22(31)14-28-21-13-19(21)16-4-2-15(3-5-16)18-12-17(24)6-7-20(18)23(25,26)27/h2-7,12,19,21,28H,8-11,13-14H2,1H3/t19-,21+/m0/s1. The Morgan fingerprint density at radius 2 is 1.74 bits per heavy atom. The van der Waals surface area contributed by atoms with Gasteiger partial charge in [0.05, 0.1) is 12.1 Å². The van der Waals surface area contributed by atoms with Crippen LogP contribution in [0.3, 0.4) is 0 Å². The molecule has 1 amide bonds. The number of carbonyl (C=O) groups excluding carboxylic acids is 1. The molecule has 4 nitrogen and oxygen atoms in total. The molecule has 31 heavy (non-hydrogen) atoms. The molecule has 2 aromatic rings. The number of rotatable bonds is 5. The van der Waals surface area contributed by atoms with Crippen LogP contribution < -0.4 is 5.32 Å². The first-order chi connectivity index (χ1) is 14.7. The molecule has 2 fully saturated rings. The number of nitrogens with one attached hydrogen (secondary N) is 1. The van der Waals surface area contributed by atoms with E-state index in [2.05, 4.69) is 10.2 Å². The van der Waals surface area contributed by atoms with Gasteiger partial charge in [0.1, 0.15) is 5.82 Å². The maximum atomic E-state index is 13.6. The highest BCUT2D eigenvalue weighted by Gasteiger charge is 2.39. The van der Waals surface area contributed by atoms with Crippen LogP contribution in [0.2, 0.25) is 0 Å². The van der Waals surface area contributed by atoms with Gasteiger partial charge in [0.15, 0.2) is 0 Å². The summed E-state index contributed by atoms with van der Waals surface area (Å²) < 4.78 is 53.4. The number of halogens is 4. The van der Waals surface area contributed by atoms with Crippen LogP contribution >= 0.6 is 0 Å². The molecule has 8 heteroatoms. The molecule has 1 N–H and O–H groups in total. The number of piperazine rings is 1. The number of benzene rings is 2. The van der Waals surface area contributed by atoms with Gasteiger partial charge in [0.25, 0.3) is 0 Å². The maximum absolute atomic E-state index is 13.6. The van der Waals surface area contributed by atoms with E-state index in [9.17, 15) is 22.4 Å². The summed E-state index contributed by atoms with van der Waals surface area (Å²) in [5, 5.41) is 3.29. The van der Waals surface area contributed by atoms with Gasteiger partial charge in [-0.2, -0.15) is 13.2 Å². The number of nitrogens with zero attached hydrogens (tertiary/aromatic N) is 2. The molecular formula is C23H25F4N3O. The molecule has 0 aromatic heterocycles. The summed E-state index contributed by atoms with van der Waals surface area (Å²) >= 11 is 0. The fourth-order valence-electron chi connectivity index (χ4n) is 4.09. The van der Waals surface area contributed by atoms with Crippen molar-refractivity contribution in [2.45, 2.75) is 24.6 Å². The maximum Gasteiger partial charge on any atom is 0.417 e. The molecule has 1 aliphatic carbocycles. The molecule has 2 aliphatic rings. The topological polar surface area (TPSA) is 35.6 Å². The Hall–Kier alpha value is -2.45. The Morgan fingerprint density at radius 3 is 2.39 bits per heavy atom. The first-order valence-electron chi connectivity index (χ1n) is 10.4. The largest absolute Gasteiger partial charge is 0.417 e. The predicted octanol–water partition coefficient (Wildman–Crippen LogP) is 3.73. The van der Waals surface area contributed by atoms with Gasteiger partial charge >= 0.3 is 6.18 Å². The highest BCUT2D eigenvalue weighted by molar-refractivity contribution is 5.78. The van der Waals surface area contributed by atoms with Gasteiger partial charge in [-0.15, -0.1) is 0 Å². The van der Waals surface area contributed by atoms with E-state index in [0.717, 1.165) is 56.4 Å². The summed E-state index contributed by atoms with van der Waals surface area (Å²) in [7, 11) is 2.04. The van der Waals surface area contributed by atoms with Gasteiger partial charge in [-0.3, -0.25) is 4.79 Å². The van der Waals surface area contributed by atoms with E-state index in [1.54, 1.807) is 24.3 Å². The Morgan fingerprint density at radius 1 is 1.06 bits per heavy atom. The van der Waals surface area contributed by atoms with Gasteiger partial charge in [-0.05, 0) is 48.4 Å². The molecule has 1 aliphatic heterocycles. The highest BCUT2D eigenvalue weighted by Crippen LogP contribution is 2.42. The van der Waals surface area contributed by atoms with E-state index in [-0.39, 0.29) is 23.4 Å². The minimum Gasteiger partial charge on any atom is -0.339 e. The second kappa shape index (κ2) is 8.59. The summed E-state index contributed by atoms with van der Waals surface area (Å²) in [5.41, 5.74) is 0.307. The van der Waals surface area contributed by atoms with Crippen LogP contribution in [-0.4, -0.2) is 61.5 Å². The third-order valence-corrected chi connectivity index (χ3v) is 6.10. The average molecular weight is 435 g/mol. The molecule has 1 saturated carbocycles. The summed E-state index contributed by atoms with van der Waals surface area (Å²) in [6.45, 7) is 3.54. The van der Waals surface area contributed by atoms with E-state index in [1.807, 2.05) is 11.9 Å². The zero-order valence-corrected chi connectivity index (χ0v) is 17.3. The van der Waals surface area contributed by atoms with E-state index >= 15 is 0 Å². The summed E-state index contributed by atoms with van der Waals surface area (Å²) in [4.78, 5) is 16.4. The minimum absolute atomic E-state index is 0.0971. The van der Waals surface area contributed by atoms with Crippen molar-refractivity contribution in [3.8, 4) is 11.1 Å². The fraction of sp³-hybridized carbons (Fsp3) is 0.435. The highest BCUT2D eigenvalue weighted by atomic mass is 19.4. The van der Waals surface area contributed by atoms with Crippen LogP contribution in [0.15, 0.2) is 42.5 Å². The monoisotopic (exact) mass is 435 g/mol. The first kappa shape index (κ1) is 21.8. The van der Waals surface area contributed by atoms with E-state index in [1.165, 1.54) is 0 Å². The van der Waals surface area contributed by atoms with E-state index in [4.69, 9.17) is 0 Å². The van der Waals surface area contributed by atoms with Crippen molar-refractivity contribution < 1.29 is 22.4 Å². The molecule has 2 atom stereocenters. The Balaban J connectivity index is 1.36. The molecule has 166 valence electrons. The van der Waals surface area contributed by atoms with Crippen molar-refractivity contribution in [1.82, 2.24) is 15.1 Å². The predicted molar refractivity (Wildman–Crippen MR) is 110 cm³/mol. The molecule has 1 saturated heterocycles. The molecule has 1 heterocycles. The fourth-order valence-corrected chi connectivity index (χ4v) is 4.09. The lowest BCUT2D eigenvalue weighted by Crippen LogP contribution is -2.49. The van der Waals surface area contributed by atoms with E-state index < -0.39 is 17.6 Å². The number of alkyl halides is 3. The van der Waals surface area contributed by atoms with Crippen molar-refractivity contribution in [2.24, 2.45) is 0 Å². The Kier molecular flexibility index (Phi) is 6.03. The Bertz CT molecular complexity index is 937. The number of amides is 1. The lowest BCUT2D eigenvalue weighted by Gasteiger charge is -2.32. The van der Waals surface area contributed by atoms with Crippen LogP contribution in [0, 0.1) is 5.82 Å². The molecule has 0 spiro atoms. The normalized spacial score (nSPS) is 21.9. The second-order valence-electron chi connectivity index (χ2n) is 8.32. The molecule has 4 rings (SSSR count). The number of likely N-dealkylation sites (N-methyl/N-ethyl adjacent to an activating group) is 1. The van der Waals surface area contributed by atoms with Crippen molar-refractivity contribution in [3.05, 3.63) is 59.4 Å². The molecule has 0 radical (unpaired) electrons. The second-order valence-corrected chi connectivity index (χ2v) is 8.32. The van der Waals surface area contributed by atoms with Crippen LogP contribution in [-0.2, 0) is 11.0 Å². The number of carbonyl (C=O) groups is 1. The van der Waals surface area contributed by atoms with Gasteiger partial charge in [-0.1, -0.05) is 24.3 Å². The summed E-state index contributed by atoms with van der Waals surface area (Å²) in [6.07, 6.45) is -3.67. The van der Waals surface area contributed by atoms with Gasteiger partial charge < -0.3 is 15.1 Å². The lowest BCUT2D eigenvalue weighted by molar-refractivity contribution is -0.137. The number of hydrogen-bond donors (Lipinski definition) is 1. The minimum atomic E-state index is -4.55. The molecular weight excluding hydrogens is 410 g/mol. The third kappa shape index (κ3) is 5.07. The smallest absolute Gasteiger partial charge is 0.339 e. The third-order valence-electron chi connectivity index (χ3n) is 6.10. The van der Waals surface area contributed by atoms with Gasteiger partial charge in [-0.25, -0.2) is 4.39 Å². The molecule has 2 aromatic carbocycles. The Labute approximate surface area is 178 Å². The molecule has 0 bridgehead atoms. The quantitative estimate of drug-likeness (QED) is 0.727.